The molecular weight excluding hydrogens is 228 g/mol. The van der Waals surface area contributed by atoms with E-state index in [0.717, 1.165) is 32.7 Å². The monoisotopic (exact) mass is 258 g/mol. The van der Waals surface area contributed by atoms with Gasteiger partial charge in [-0.05, 0) is 31.8 Å². The lowest BCUT2D eigenvalue weighted by Crippen LogP contribution is -2.50. The molecule has 0 amide bonds. The summed E-state index contributed by atoms with van der Waals surface area (Å²) in [5.74, 6) is 0.677. The molecule has 4 nitrogen and oxygen atoms in total. The SMILES string of the molecule is CCCNC(COC)CN1CCC(C)C(OC)C1. The van der Waals surface area contributed by atoms with Crippen LogP contribution in [-0.4, -0.2) is 64.1 Å². The molecule has 0 spiro atoms. The maximum absolute atomic E-state index is 5.56. The third-order valence-corrected chi connectivity index (χ3v) is 3.81. The van der Waals surface area contributed by atoms with Gasteiger partial charge in [0.25, 0.3) is 0 Å². The summed E-state index contributed by atoms with van der Waals surface area (Å²) in [4.78, 5) is 2.50. The van der Waals surface area contributed by atoms with E-state index in [2.05, 4.69) is 24.1 Å². The standard InChI is InChI=1S/C14H30N2O2/c1-5-7-15-13(11-17-3)9-16-8-6-12(2)14(10-16)18-4/h12-15H,5-11H2,1-4H3. The van der Waals surface area contributed by atoms with Crippen molar-refractivity contribution >= 4 is 0 Å². The van der Waals surface area contributed by atoms with Gasteiger partial charge in [-0.3, -0.25) is 4.90 Å². The Morgan fingerprint density at radius 1 is 1.39 bits per heavy atom. The molecular formula is C14H30N2O2. The molecule has 108 valence electrons. The Labute approximate surface area is 112 Å². The van der Waals surface area contributed by atoms with Crippen LogP contribution in [0.4, 0.5) is 0 Å². The highest BCUT2D eigenvalue weighted by molar-refractivity contribution is 4.81. The van der Waals surface area contributed by atoms with E-state index < -0.39 is 0 Å². The Bertz CT molecular complexity index is 214. The van der Waals surface area contributed by atoms with E-state index in [1.54, 1.807) is 7.11 Å². The maximum Gasteiger partial charge on any atom is 0.0724 e. The van der Waals surface area contributed by atoms with E-state index in [4.69, 9.17) is 9.47 Å². The van der Waals surface area contributed by atoms with E-state index in [9.17, 15) is 0 Å². The van der Waals surface area contributed by atoms with E-state index in [0.29, 0.717) is 18.1 Å². The summed E-state index contributed by atoms with van der Waals surface area (Å²) in [7, 11) is 3.60. The summed E-state index contributed by atoms with van der Waals surface area (Å²) < 4.78 is 10.9. The Kier molecular flexibility index (Phi) is 7.82. The van der Waals surface area contributed by atoms with Gasteiger partial charge in [-0.1, -0.05) is 13.8 Å². The largest absolute Gasteiger partial charge is 0.383 e. The van der Waals surface area contributed by atoms with Crippen LogP contribution >= 0.6 is 0 Å². The lowest BCUT2D eigenvalue weighted by molar-refractivity contribution is -0.0101. The summed E-state index contributed by atoms with van der Waals surface area (Å²) in [5.41, 5.74) is 0. The highest BCUT2D eigenvalue weighted by Crippen LogP contribution is 2.19. The molecule has 0 aromatic carbocycles. The van der Waals surface area contributed by atoms with Gasteiger partial charge in [0.1, 0.15) is 0 Å². The molecule has 4 heteroatoms. The maximum atomic E-state index is 5.56. The van der Waals surface area contributed by atoms with Crippen molar-refractivity contribution in [3.05, 3.63) is 0 Å². The van der Waals surface area contributed by atoms with Crippen LogP contribution in [0.3, 0.4) is 0 Å². The molecule has 0 aromatic heterocycles. The van der Waals surface area contributed by atoms with E-state index in [-0.39, 0.29) is 0 Å². The first-order valence-electron chi connectivity index (χ1n) is 7.18. The van der Waals surface area contributed by atoms with E-state index >= 15 is 0 Å². The molecule has 1 fully saturated rings. The molecule has 3 unspecified atom stereocenters. The van der Waals surface area contributed by atoms with E-state index in [1.807, 2.05) is 7.11 Å². The average Bonchev–Trinajstić information content (AvgIpc) is 2.38. The Morgan fingerprint density at radius 3 is 2.78 bits per heavy atom. The zero-order chi connectivity index (χ0) is 13.4. The normalized spacial score (nSPS) is 27.3. The van der Waals surface area contributed by atoms with Crippen molar-refractivity contribution in [3.8, 4) is 0 Å². The van der Waals surface area contributed by atoms with Crippen molar-refractivity contribution in [1.29, 1.82) is 0 Å². The summed E-state index contributed by atoms with van der Waals surface area (Å²) in [5, 5.41) is 3.55. The molecule has 0 aromatic rings. The summed E-state index contributed by atoms with van der Waals surface area (Å²) in [6.07, 6.45) is 2.78. The molecule has 1 heterocycles. The average molecular weight is 258 g/mol. The number of methoxy groups -OCH3 is 2. The lowest BCUT2D eigenvalue weighted by atomic mass is 9.95. The molecule has 1 rings (SSSR count). The number of hydrogen-bond acceptors (Lipinski definition) is 4. The van der Waals surface area contributed by atoms with Crippen molar-refractivity contribution in [1.82, 2.24) is 10.2 Å². The third-order valence-electron chi connectivity index (χ3n) is 3.81. The van der Waals surface area contributed by atoms with Crippen LogP contribution in [0.25, 0.3) is 0 Å². The summed E-state index contributed by atoms with van der Waals surface area (Å²) >= 11 is 0. The number of nitrogens with one attached hydrogen (secondary N) is 1. The second kappa shape index (κ2) is 8.86. The van der Waals surface area contributed by atoms with E-state index in [1.165, 1.54) is 13.0 Å². The number of nitrogens with zero attached hydrogens (tertiary/aromatic N) is 1. The highest BCUT2D eigenvalue weighted by Gasteiger charge is 2.27. The van der Waals surface area contributed by atoms with Crippen molar-refractivity contribution in [2.75, 3.05) is 47.0 Å². The van der Waals surface area contributed by atoms with Crippen molar-refractivity contribution in [2.24, 2.45) is 5.92 Å². The number of hydrogen-bond donors (Lipinski definition) is 1. The summed E-state index contributed by atoms with van der Waals surface area (Å²) in [6, 6.07) is 0.431. The van der Waals surface area contributed by atoms with Gasteiger partial charge in [-0.15, -0.1) is 0 Å². The Balaban J connectivity index is 2.38. The molecule has 0 saturated carbocycles. The van der Waals surface area contributed by atoms with Crippen molar-refractivity contribution in [2.45, 2.75) is 38.8 Å². The topological polar surface area (TPSA) is 33.7 Å². The minimum atomic E-state index is 0.383. The van der Waals surface area contributed by atoms with Crippen molar-refractivity contribution in [3.63, 3.8) is 0 Å². The first-order chi connectivity index (χ1) is 8.71. The first-order valence-corrected chi connectivity index (χ1v) is 7.18. The first kappa shape index (κ1) is 15.9. The Hall–Kier alpha value is -0.160. The van der Waals surface area contributed by atoms with Crippen LogP contribution in [0, 0.1) is 5.92 Å². The van der Waals surface area contributed by atoms with Gasteiger partial charge in [-0.2, -0.15) is 0 Å². The second-order valence-electron chi connectivity index (χ2n) is 5.41. The van der Waals surface area contributed by atoms with Crippen LogP contribution in [0.1, 0.15) is 26.7 Å². The molecule has 18 heavy (non-hydrogen) atoms. The van der Waals surface area contributed by atoms with Gasteiger partial charge in [0.15, 0.2) is 0 Å². The number of ether oxygens (including phenoxy) is 2. The van der Waals surface area contributed by atoms with Crippen LogP contribution in [-0.2, 0) is 9.47 Å². The van der Waals surface area contributed by atoms with Gasteiger partial charge in [0.2, 0.25) is 0 Å². The van der Waals surface area contributed by atoms with Crippen LogP contribution < -0.4 is 5.32 Å². The van der Waals surface area contributed by atoms with Crippen LogP contribution in [0.2, 0.25) is 0 Å². The van der Waals surface area contributed by atoms with Gasteiger partial charge in [-0.25, -0.2) is 0 Å². The molecule has 1 aliphatic heterocycles. The zero-order valence-electron chi connectivity index (χ0n) is 12.4. The fourth-order valence-corrected chi connectivity index (χ4v) is 2.61. The minimum Gasteiger partial charge on any atom is -0.383 e. The van der Waals surface area contributed by atoms with Gasteiger partial charge >= 0.3 is 0 Å². The van der Waals surface area contributed by atoms with Gasteiger partial charge < -0.3 is 14.8 Å². The highest BCUT2D eigenvalue weighted by atomic mass is 16.5. The van der Waals surface area contributed by atoms with Gasteiger partial charge in [0.05, 0.1) is 12.7 Å². The molecule has 0 aliphatic carbocycles. The Morgan fingerprint density at radius 2 is 2.17 bits per heavy atom. The molecule has 3 atom stereocenters. The fraction of sp³-hybridized carbons (Fsp3) is 1.00. The molecule has 1 saturated heterocycles. The summed E-state index contributed by atoms with van der Waals surface area (Å²) in [6.45, 7) is 9.60. The smallest absolute Gasteiger partial charge is 0.0724 e. The zero-order valence-corrected chi connectivity index (χ0v) is 12.4. The van der Waals surface area contributed by atoms with Crippen LogP contribution in [0.5, 0.6) is 0 Å². The number of piperidine rings is 1. The minimum absolute atomic E-state index is 0.383. The molecule has 1 N–H and O–H groups in total. The number of likely N-dealkylation sites (tertiary alicyclic amines) is 1. The third kappa shape index (κ3) is 5.22. The van der Waals surface area contributed by atoms with Crippen LogP contribution in [0.15, 0.2) is 0 Å². The number of rotatable bonds is 8. The molecule has 0 radical (unpaired) electrons. The quantitative estimate of drug-likeness (QED) is 0.713. The molecule has 1 aliphatic rings. The fourth-order valence-electron chi connectivity index (χ4n) is 2.61. The predicted molar refractivity (Wildman–Crippen MR) is 75.0 cm³/mol. The lowest BCUT2D eigenvalue weighted by Gasteiger charge is -2.38. The van der Waals surface area contributed by atoms with Crippen molar-refractivity contribution < 1.29 is 9.47 Å². The second-order valence-corrected chi connectivity index (χ2v) is 5.41. The van der Waals surface area contributed by atoms with Gasteiger partial charge in [0, 0.05) is 33.4 Å². The predicted octanol–water partition coefficient (Wildman–Crippen LogP) is 1.36. The molecule has 0 bridgehead atoms.